The standard InChI is InChI=1S/C16H23N3O3S/c23-16(17-4-5-19-6-10-20-11-7-19)18-13-2-3-14-15(12-13)22-9-1-8-21-14/h2-3,12H,1,4-11H2,(H2,17,18,23)/p+1. The molecule has 0 atom stereocenters. The Morgan fingerprint density at radius 2 is 1.87 bits per heavy atom. The Hall–Kier alpha value is -1.57. The summed E-state index contributed by atoms with van der Waals surface area (Å²) >= 11 is 5.36. The lowest BCUT2D eigenvalue weighted by molar-refractivity contribution is -0.906. The summed E-state index contributed by atoms with van der Waals surface area (Å²) in [6.07, 6.45) is 0.904. The number of fused-ring (bicyclic) bond motifs is 1. The van der Waals surface area contributed by atoms with Gasteiger partial charge in [0.25, 0.3) is 0 Å². The number of thiocarbonyl (C=S) groups is 1. The van der Waals surface area contributed by atoms with Crippen molar-refractivity contribution < 1.29 is 19.1 Å². The van der Waals surface area contributed by atoms with E-state index in [1.165, 1.54) is 0 Å². The first-order valence-corrected chi connectivity index (χ1v) is 8.58. The summed E-state index contributed by atoms with van der Waals surface area (Å²) < 4.78 is 16.7. The molecular formula is C16H24N3O3S+. The smallest absolute Gasteiger partial charge is 0.170 e. The number of benzene rings is 1. The predicted molar refractivity (Wildman–Crippen MR) is 92.7 cm³/mol. The number of hydrogen-bond donors (Lipinski definition) is 3. The van der Waals surface area contributed by atoms with E-state index in [2.05, 4.69) is 10.6 Å². The molecule has 2 heterocycles. The topological polar surface area (TPSA) is 56.2 Å². The number of ether oxygens (including phenoxy) is 3. The molecule has 1 aromatic rings. The van der Waals surface area contributed by atoms with Crippen LogP contribution in [-0.2, 0) is 4.74 Å². The van der Waals surface area contributed by atoms with Crippen molar-refractivity contribution in [2.24, 2.45) is 0 Å². The van der Waals surface area contributed by atoms with Crippen molar-refractivity contribution in [2.75, 3.05) is 57.9 Å². The quantitative estimate of drug-likeness (QED) is 0.675. The fourth-order valence-electron chi connectivity index (χ4n) is 2.68. The first-order chi connectivity index (χ1) is 11.3. The van der Waals surface area contributed by atoms with Gasteiger partial charge in [-0.25, -0.2) is 0 Å². The number of quaternary nitrogens is 1. The minimum absolute atomic E-state index is 0.632. The summed E-state index contributed by atoms with van der Waals surface area (Å²) in [6, 6.07) is 5.81. The Morgan fingerprint density at radius 3 is 2.70 bits per heavy atom. The molecule has 0 bridgehead atoms. The molecule has 0 spiro atoms. The third kappa shape index (κ3) is 4.95. The molecular weight excluding hydrogens is 314 g/mol. The number of morpholine rings is 1. The van der Waals surface area contributed by atoms with Gasteiger partial charge in [0.2, 0.25) is 0 Å². The van der Waals surface area contributed by atoms with E-state index in [-0.39, 0.29) is 0 Å². The van der Waals surface area contributed by atoms with Crippen molar-refractivity contribution in [3.05, 3.63) is 18.2 Å². The number of nitrogens with one attached hydrogen (secondary N) is 3. The molecule has 3 N–H and O–H groups in total. The Morgan fingerprint density at radius 1 is 1.09 bits per heavy atom. The van der Waals surface area contributed by atoms with Gasteiger partial charge in [-0.2, -0.15) is 0 Å². The number of rotatable bonds is 4. The van der Waals surface area contributed by atoms with Gasteiger partial charge in [0.05, 0.1) is 39.5 Å². The molecule has 0 aromatic heterocycles. The highest BCUT2D eigenvalue weighted by molar-refractivity contribution is 7.80. The van der Waals surface area contributed by atoms with Crippen molar-refractivity contribution in [3.8, 4) is 11.5 Å². The van der Waals surface area contributed by atoms with Gasteiger partial charge in [0, 0.05) is 18.2 Å². The van der Waals surface area contributed by atoms with Crippen LogP contribution in [-0.4, -0.2) is 57.7 Å². The monoisotopic (exact) mass is 338 g/mol. The molecule has 1 aromatic carbocycles. The molecule has 0 unspecified atom stereocenters. The highest BCUT2D eigenvalue weighted by Crippen LogP contribution is 2.32. The van der Waals surface area contributed by atoms with Gasteiger partial charge in [0.15, 0.2) is 16.6 Å². The van der Waals surface area contributed by atoms with Crippen LogP contribution in [0.25, 0.3) is 0 Å². The van der Waals surface area contributed by atoms with E-state index < -0.39 is 0 Å². The zero-order valence-electron chi connectivity index (χ0n) is 13.2. The highest BCUT2D eigenvalue weighted by Gasteiger charge is 2.13. The Kier molecular flexibility index (Phi) is 5.90. The maximum Gasteiger partial charge on any atom is 0.170 e. The number of hydrogen-bond acceptors (Lipinski definition) is 4. The van der Waals surface area contributed by atoms with E-state index in [0.717, 1.165) is 63.0 Å². The van der Waals surface area contributed by atoms with Crippen LogP contribution in [0.2, 0.25) is 0 Å². The van der Waals surface area contributed by atoms with Crippen molar-refractivity contribution in [1.82, 2.24) is 5.32 Å². The van der Waals surface area contributed by atoms with Crippen molar-refractivity contribution in [2.45, 2.75) is 6.42 Å². The zero-order chi connectivity index (χ0) is 15.9. The first-order valence-electron chi connectivity index (χ1n) is 8.17. The second-order valence-corrected chi connectivity index (χ2v) is 6.11. The molecule has 0 radical (unpaired) electrons. The molecule has 7 heteroatoms. The summed E-state index contributed by atoms with van der Waals surface area (Å²) in [5, 5.41) is 7.09. The fraction of sp³-hybridized carbons (Fsp3) is 0.562. The third-order valence-corrected chi connectivity index (χ3v) is 4.22. The van der Waals surface area contributed by atoms with E-state index in [4.69, 9.17) is 26.4 Å². The van der Waals surface area contributed by atoms with Gasteiger partial charge in [-0.3, -0.25) is 0 Å². The summed E-state index contributed by atoms with van der Waals surface area (Å²) in [6.45, 7) is 7.14. The van der Waals surface area contributed by atoms with E-state index in [1.807, 2.05) is 18.2 Å². The maximum atomic E-state index is 5.69. The first kappa shape index (κ1) is 16.3. The van der Waals surface area contributed by atoms with Gasteiger partial charge in [0.1, 0.15) is 13.1 Å². The molecule has 2 aliphatic heterocycles. The van der Waals surface area contributed by atoms with Crippen LogP contribution in [0.3, 0.4) is 0 Å². The summed E-state index contributed by atoms with van der Waals surface area (Å²) in [5.74, 6) is 1.57. The molecule has 1 fully saturated rings. The lowest BCUT2D eigenvalue weighted by Crippen LogP contribution is -3.14. The predicted octanol–water partition coefficient (Wildman–Crippen LogP) is 0.0494. The van der Waals surface area contributed by atoms with Gasteiger partial charge >= 0.3 is 0 Å². The molecule has 3 rings (SSSR count). The van der Waals surface area contributed by atoms with Crippen LogP contribution in [0, 0.1) is 0 Å². The third-order valence-electron chi connectivity index (χ3n) is 3.97. The van der Waals surface area contributed by atoms with Gasteiger partial charge in [-0.15, -0.1) is 0 Å². The van der Waals surface area contributed by atoms with Crippen LogP contribution in [0.5, 0.6) is 11.5 Å². The lowest BCUT2D eigenvalue weighted by atomic mass is 10.3. The fourth-order valence-corrected chi connectivity index (χ4v) is 2.90. The largest absolute Gasteiger partial charge is 0.490 e. The van der Waals surface area contributed by atoms with E-state index in [0.29, 0.717) is 18.3 Å². The molecule has 126 valence electrons. The Bertz CT molecular complexity index is 535. The average Bonchev–Trinajstić information content (AvgIpc) is 2.81. The minimum atomic E-state index is 0.632. The second kappa shape index (κ2) is 8.33. The van der Waals surface area contributed by atoms with Gasteiger partial charge < -0.3 is 29.7 Å². The van der Waals surface area contributed by atoms with Gasteiger partial charge in [-0.05, 0) is 24.4 Å². The minimum Gasteiger partial charge on any atom is -0.490 e. The molecule has 6 nitrogen and oxygen atoms in total. The van der Waals surface area contributed by atoms with E-state index in [1.54, 1.807) is 4.90 Å². The maximum absolute atomic E-state index is 5.69. The van der Waals surface area contributed by atoms with Crippen molar-refractivity contribution in [1.29, 1.82) is 0 Å². The second-order valence-electron chi connectivity index (χ2n) is 5.71. The Labute approximate surface area is 142 Å². The van der Waals surface area contributed by atoms with Crippen molar-refractivity contribution >= 4 is 23.0 Å². The molecule has 1 saturated heterocycles. The number of anilines is 1. The zero-order valence-corrected chi connectivity index (χ0v) is 14.0. The van der Waals surface area contributed by atoms with E-state index >= 15 is 0 Å². The molecule has 2 aliphatic rings. The molecule has 0 amide bonds. The SMILES string of the molecule is S=C(NCC[NH+]1CCOCC1)Nc1ccc2c(c1)OCCCO2. The molecule has 0 aliphatic carbocycles. The van der Waals surface area contributed by atoms with Crippen LogP contribution in [0.1, 0.15) is 6.42 Å². The van der Waals surface area contributed by atoms with Crippen LogP contribution in [0.4, 0.5) is 5.69 Å². The average molecular weight is 338 g/mol. The highest BCUT2D eigenvalue weighted by atomic mass is 32.1. The normalized spacial score (nSPS) is 18.1. The summed E-state index contributed by atoms with van der Waals surface area (Å²) in [5.41, 5.74) is 0.908. The molecule has 23 heavy (non-hydrogen) atoms. The van der Waals surface area contributed by atoms with Crippen molar-refractivity contribution in [3.63, 3.8) is 0 Å². The van der Waals surface area contributed by atoms with Crippen LogP contribution < -0.4 is 25.0 Å². The Balaban J connectivity index is 1.45. The molecule has 0 saturated carbocycles. The lowest BCUT2D eigenvalue weighted by Gasteiger charge is -2.24. The van der Waals surface area contributed by atoms with Crippen LogP contribution >= 0.6 is 12.2 Å². The van der Waals surface area contributed by atoms with E-state index in [9.17, 15) is 0 Å². The summed E-state index contributed by atoms with van der Waals surface area (Å²) in [7, 11) is 0. The van der Waals surface area contributed by atoms with Gasteiger partial charge in [-0.1, -0.05) is 0 Å². The van der Waals surface area contributed by atoms with Crippen LogP contribution in [0.15, 0.2) is 18.2 Å². The summed E-state index contributed by atoms with van der Waals surface area (Å²) in [4.78, 5) is 1.56.